The zero-order valence-electron chi connectivity index (χ0n) is 14.3. The van der Waals surface area contributed by atoms with Crippen molar-refractivity contribution in [3.8, 4) is 17.0 Å². The van der Waals surface area contributed by atoms with Crippen molar-refractivity contribution in [2.24, 2.45) is 5.10 Å². The van der Waals surface area contributed by atoms with Gasteiger partial charge in [0.2, 0.25) is 5.13 Å². The molecule has 4 aromatic rings. The van der Waals surface area contributed by atoms with Crippen LogP contribution in [0, 0.1) is 6.92 Å². The maximum atomic E-state index is 9.37. The number of hydrogen-bond donors (Lipinski definition) is 3. The van der Waals surface area contributed by atoms with E-state index in [0.29, 0.717) is 5.13 Å². The van der Waals surface area contributed by atoms with Gasteiger partial charge in [-0.3, -0.25) is 5.43 Å². The Morgan fingerprint density at radius 1 is 1.15 bits per heavy atom. The third-order valence-electron chi connectivity index (χ3n) is 3.97. The van der Waals surface area contributed by atoms with Crippen molar-refractivity contribution < 1.29 is 5.11 Å². The van der Waals surface area contributed by atoms with Crippen LogP contribution in [-0.2, 0) is 0 Å². The van der Waals surface area contributed by atoms with Crippen molar-refractivity contribution in [3.05, 3.63) is 59.2 Å². The van der Waals surface area contributed by atoms with Crippen LogP contribution in [0.3, 0.4) is 0 Å². The number of thiazole rings is 1. The molecule has 2 heterocycles. The number of phenolic OH excluding ortho intramolecular Hbond substituents is 1. The van der Waals surface area contributed by atoms with Crippen molar-refractivity contribution in [2.75, 3.05) is 5.43 Å². The van der Waals surface area contributed by atoms with Gasteiger partial charge in [-0.25, -0.2) is 9.97 Å². The van der Waals surface area contributed by atoms with E-state index in [0.717, 1.165) is 33.8 Å². The van der Waals surface area contributed by atoms with Crippen LogP contribution in [-0.4, -0.2) is 25.8 Å². The summed E-state index contributed by atoms with van der Waals surface area (Å²) in [4.78, 5) is 12.4. The number of anilines is 1. The average Bonchev–Trinajstić information content (AvgIpc) is 3.27. The Balaban J connectivity index is 1.52. The molecule has 2 aromatic carbocycles. The minimum atomic E-state index is 0.239. The van der Waals surface area contributed by atoms with E-state index in [9.17, 15) is 5.11 Å². The number of fused-ring (bicyclic) bond motifs is 1. The number of aromatic hydroxyl groups is 1. The van der Waals surface area contributed by atoms with E-state index in [1.165, 1.54) is 16.9 Å². The van der Waals surface area contributed by atoms with E-state index in [4.69, 9.17) is 0 Å². The maximum absolute atomic E-state index is 9.37. The lowest BCUT2D eigenvalue weighted by Gasteiger charge is -1.98. The Kier molecular flexibility index (Phi) is 4.14. The Morgan fingerprint density at radius 2 is 1.96 bits per heavy atom. The fourth-order valence-electron chi connectivity index (χ4n) is 2.57. The molecule has 0 fully saturated rings. The molecule has 0 saturated carbocycles. The first-order valence-electron chi connectivity index (χ1n) is 8.10. The van der Waals surface area contributed by atoms with E-state index in [1.807, 2.05) is 36.6 Å². The molecule has 7 heteroatoms. The van der Waals surface area contributed by atoms with E-state index < -0.39 is 0 Å². The quantitative estimate of drug-likeness (QED) is 0.367. The normalized spacial score (nSPS) is 11.8. The summed E-state index contributed by atoms with van der Waals surface area (Å²) in [5, 5.41) is 16.4. The number of hydrazone groups is 1. The highest BCUT2D eigenvalue weighted by molar-refractivity contribution is 7.14. The molecule has 0 bridgehead atoms. The molecule has 0 aliphatic carbocycles. The third kappa shape index (κ3) is 3.29. The number of rotatable bonds is 4. The summed E-state index contributed by atoms with van der Waals surface area (Å²) in [6.07, 6.45) is 0. The van der Waals surface area contributed by atoms with E-state index in [-0.39, 0.29) is 5.75 Å². The second kappa shape index (κ2) is 6.61. The van der Waals surface area contributed by atoms with Crippen LogP contribution in [0.1, 0.15) is 18.3 Å². The zero-order valence-corrected chi connectivity index (χ0v) is 15.1. The van der Waals surface area contributed by atoms with Crippen LogP contribution in [0.5, 0.6) is 5.75 Å². The molecule has 0 saturated heterocycles. The molecule has 0 aliphatic heterocycles. The number of H-pyrrole nitrogens is 1. The van der Waals surface area contributed by atoms with Gasteiger partial charge in [-0.15, -0.1) is 11.3 Å². The molecule has 130 valence electrons. The number of hydrogen-bond acceptors (Lipinski definition) is 6. The molecule has 0 radical (unpaired) electrons. The highest BCUT2D eigenvalue weighted by Crippen LogP contribution is 2.26. The van der Waals surface area contributed by atoms with E-state index in [2.05, 4.69) is 38.5 Å². The van der Waals surface area contributed by atoms with Crippen LogP contribution in [0.15, 0.2) is 52.9 Å². The number of aromatic nitrogens is 3. The van der Waals surface area contributed by atoms with Gasteiger partial charge in [0.15, 0.2) is 5.82 Å². The molecule has 26 heavy (non-hydrogen) atoms. The van der Waals surface area contributed by atoms with Crippen LogP contribution in [0.4, 0.5) is 5.13 Å². The van der Waals surface area contributed by atoms with Gasteiger partial charge in [0, 0.05) is 10.9 Å². The number of nitrogens with one attached hydrogen (secondary N) is 2. The predicted molar refractivity (Wildman–Crippen MR) is 106 cm³/mol. The van der Waals surface area contributed by atoms with E-state index >= 15 is 0 Å². The largest absolute Gasteiger partial charge is 0.508 e. The maximum Gasteiger partial charge on any atom is 0.203 e. The number of imidazole rings is 1. The number of phenols is 1. The van der Waals surface area contributed by atoms with Gasteiger partial charge in [-0.2, -0.15) is 5.10 Å². The topological polar surface area (TPSA) is 86.2 Å². The van der Waals surface area contributed by atoms with Gasteiger partial charge < -0.3 is 10.1 Å². The fraction of sp³-hybridized carbons (Fsp3) is 0.105. The summed E-state index contributed by atoms with van der Waals surface area (Å²) in [5.41, 5.74) is 8.62. The molecule has 6 nitrogen and oxygen atoms in total. The van der Waals surface area contributed by atoms with Crippen LogP contribution in [0.2, 0.25) is 0 Å². The van der Waals surface area contributed by atoms with Crippen LogP contribution < -0.4 is 5.43 Å². The molecule has 2 aromatic heterocycles. The first-order chi connectivity index (χ1) is 12.6. The van der Waals surface area contributed by atoms with Gasteiger partial charge in [-0.05, 0) is 55.8 Å². The van der Waals surface area contributed by atoms with Gasteiger partial charge in [-0.1, -0.05) is 6.07 Å². The number of aryl methyl sites for hydroxylation is 1. The third-order valence-corrected chi connectivity index (χ3v) is 4.71. The number of benzene rings is 2. The van der Waals surface area contributed by atoms with Crippen molar-refractivity contribution >= 4 is 33.2 Å². The van der Waals surface area contributed by atoms with E-state index in [1.54, 1.807) is 12.1 Å². The summed E-state index contributed by atoms with van der Waals surface area (Å²) in [6, 6.07) is 13.1. The van der Waals surface area contributed by atoms with Crippen molar-refractivity contribution in [1.82, 2.24) is 15.0 Å². The molecular formula is C19H17N5OS. The Labute approximate surface area is 154 Å². The minimum absolute atomic E-state index is 0.239. The molecule has 0 atom stereocenters. The first kappa shape index (κ1) is 16.3. The SMILES string of the molecule is C/C(=N\Nc1nc(-c2ccc(O)cc2)cs1)c1nc2ccc(C)cc2[nH]1. The standard InChI is InChI=1S/C19H17N5OS/c1-11-3-8-15-16(9-11)21-18(20-15)12(2)23-24-19-22-17(10-26-19)13-4-6-14(25)7-5-13/h3-10,25H,1-2H3,(H,20,21)(H,22,24)/b23-12+. The zero-order chi connectivity index (χ0) is 18.1. The highest BCUT2D eigenvalue weighted by Gasteiger charge is 2.07. The molecule has 3 N–H and O–H groups in total. The summed E-state index contributed by atoms with van der Waals surface area (Å²) in [6.45, 7) is 3.95. The monoisotopic (exact) mass is 363 g/mol. The van der Waals surface area contributed by atoms with Gasteiger partial charge in [0.05, 0.1) is 16.7 Å². The molecule has 0 unspecified atom stereocenters. The summed E-state index contributed by atoms with van der Waals surface area (Å²) < 4.78 is 0. The average molecular weight is 363 g/mol. The molecule has 0 amide bonds. The molecule has 0 aliphatic rings. The molecular weight excluding hydrogens is 346 g/mol. The fourth-order valence-corrected chi connectivity index (χ4v) is 3.23. The lowest BCUT2D eigenvalue weighted by atomic mass is 10.2. The molecule has 0 spiro atoms. The lowest BCUT2D eigenvalue weighted by Crippen LogP contribution is -2.01. The van der Waals surface area contributed by atoms with Gasteiger partial charge >= 0.3 is 0 Å². The number of aromatic amines is 1. The smallest absolute Gasteiger partial charge is 0.203 e. The Bertz CT molecular complexity index is 1090. The molecule has 4 rings (SSSR count). The Morgan fingerprint density at radius 3 is 2.77 bits per heavy atom. The number of nitrogens with zero attached hydrogens (tertiary/aromatic N) is 3. The minimum Gasteiger partial charge on any atom is -0.508 e. The summed E-state index contributed by atoms with van der Waals surface area (Å²) in [5.74, 6) is 0.969. The summed E-state index contributed by atoms with van der Waals surface area (Å²) >= 11 is 1.47. The van der Waals surface area contributed by atoms with Gasteiger partial charge in [0.1, 0.15) is 11.5 Å². The second-order valence-corrected chi connectivity index (χ2v) is 6.86. The summed E-state index contributed by atoms with van der Waals surface area (Å²) in [7, 11) is 0. The second-order valence-electron chi connectivity index (χ2n) is 6.00. The van der Waals surface area contributed by atoms with Gasteiger partial charge in [0.25, 0.3) is 0 Å². The van der Waals surface area contributed by atoms with Crippen molar-refractivity contribution in [1.29, 1.82) is 0 Å². The lowest BCUT2D eigenvalue weighted by molar-refractivity contribution is 0.475. The van der Waals surface area contributed by atoms with Crippen LogP contribution >= 0.6 is 11.3 Å². The van der Waals surface area contributed by atoms with Crippen molar-refractivity contribution in [2.45, 2.75) is 13.8 Å². The van der Waals surface area contributed by atoms with Crippen LogP contribution in [0.25, 0.3) is 22.3 Å². The first-order valence-corrected chi connectivity index (χ1v) is 8.98. The predicted octanol–water partition coefficient (Wildman–Crippen LogP) is 4.54. The Hall–Kier alpha value is -3.19. The van der Waals surface area contributed by atoms with Crippen molar-refractivity contribution in [3.63, 3.8) is 0 Å². The highest BCUT2D eigenvalue weighted by atomic mass is 32.1.